The minimum absolute atomic E-state index is 0. The highest BCUT2D eigenvalue weighted by atomic mass is 127. The van der Waals surface area contributed by atoms with Crippen molar-refractivity contribution < 1.29 is 9.15 Å². The number of ether oxygens (including phenoxy) is 1. The normalized spacial score (nSPS) is 17.2. The molecule has 1 fully saturated rings. The number of halogens is 1. The van der Waals surface area contributed by atoms with Crippen LogP contribution in [0.2, 0.25) is 0 Å². The van der Waals surface area contributed by atoms with E-state index in [0.29, 0.717) is 6.54 Å². The number of furan rings is 1. The van der Waals surface area contributed by atoms with Crippen molar-refractivity contribution in [2.45, 2.75) is 45.3 Å². The lowest BCUT2D eigenvalue weighted by Crippen LogP contribution is -2.43. The fraction of sp³-hybridized carbons (Fsp3) is 0.476. The number of benzene rings is 1. The third-order valence-corrected chi connectivity index (χ3v) is 4.52. The summed E-state index contributed by atoms with van der Waals surface area (Å²) >= 11 is 0. The van der Waals surface area contributed by atoms with Gasteiger partial charge in [-0.1, -0.05) is 29.8 Å². The summed E-state index contributed by atoms with van der Waals surface area (Å²) in [7, 11) is 0. The van der Waals surface area contributed by atoms with Crippen molar-refractivity contribution in [1.29, 1.82) is 0 Å². The average Bonchev–Trinajstić information content (AvgIpc) is 3.18. The summed E-state index contributed by atoms with van der Waals surface area (Å²) < 4.78 is 11.2. The molecule has 5 nitrogen and oxygen atoms in total. The number of aliphatic imine (C=N–C) groups is 1. The number of aryl methyl sites for hydroxylation is 1. The SMILES string of the molecule is Cc1cccc(CN=C(NCCc2ccco2)NCC2CCCCO2)c1.I. The first-order chi connectivity index (χ1) is 12.8. The van der Waals surface area contributed by atoms with E-state index >= 15 is 0 Å². The Balaban J connectivity index is 0.00000261. The number of hydrogen-bond acceptors (Lipinski definition) is 3. The van der Waals surface area contributed by atoms with Gasteiger partial charge in [-0.05, 0) is 43.9 Å². The van der Waals surface area contributed by atoms with Gasteiger partial charge >= 0.3 is 0 Å². The Morgan fingerprint density at radius 3 is 2.85 bits per heavy atom. The smallest absolute Gasteiger partial charge is 0.191 e. The summed E-state index contributed by atoms with van der Waals surface area (Å²) in [5, 5.41) is 6.84. The van der Waals surface area contributed by atoms with Gasteiger partial charge in [0.2, 0.25) is 0 Å². The molecule has 2 heterocycles. The van der Waals surface area contributed by atoms with Crippen LogP contribution < -0.4 is 10.6 Å². The Bertz CT molecular complexity index is 682. The number of hydrogen-bond donors (Lipinski definition) is 2. The monoisotopic (exact) mass is 483 g/mol. The maximum Gasteiger partial charge on any atom is 0.191 e. The van der Waals surface area contributed by atoms with Crippen molar-refractivity contribution >= 4 is 29.9 Å². The molecule has 1 atom stereocenters. The highest BCUT2D eigenvalue weighted by Gasteiger charge is 2.14. The van der Waals surface area contributed by atoms with Crippen LogP contribution in [0.5, 0.6) is 0 Å². The molecule has 1 aromatic carbocycles. The van der Waals surface area contributed by atoms with E-state index in [2.05, 4.69) is 41.8 Å². The molecule has 0 amide bonds. The molecule has 148 valence electrons. The molecule has 3 rings (SSSR count). The first-order valence-corrected chi connectivity index (χ1v) is 9.51. The van der Waals surface area contributed by atoms with Gasteiger partial charge in [0, 0.05) is 26.1 Å². The Kier molecular flexibility index (Phi) is 9.69. The van der Waals surface area contributed by atoms with Gasteiger partial charge in [0.25, 0.3) is 0 Å². The fourth-order valence-corrected chi connectivity index (χ4v) is 3.09. The van der Waals surface area contributed by atoms with E-state index in [-0.39, 0.29) is 30.1 Å². The molecule has 1 aliphatic rings. The Hall–Kier alpha value is -1.54. The minimum atomic E-state index is 0. The molecule has 6 heteroatoms. The Labute approximate surface area is 179 Å². The van der Waals surface area contributed by atoms with E-state index in [4.69, 9.17) is 14.1 Å². The van der Waals surface area contributed by atoms with Gasteiger partial charge in [0.05, 0.1) is 18.9 Å². The zero-order chi connectivity index (χ0) is 18.0. The summed E-state index contributed by atoms with van der Waals surface area (Å²) in [4.78, 5) is 4.75. The first-order valence-electron chi connectivity index (χ1n) is 9.51. The summed E-state index contributed by atoms with van der Waals surface area (Å²) in [5.41, 5.74) is 2.47. The molecule has 1 aromatic heterocycles. The van der Waals surface area contributed by atoms with Crippen molar-refractivity contribution in [3.63, 3.8) is 0 Å². The van der Waals surface area contributed by atoms with Gasteiger partial charge in [-0.3, -0.25) is 0 Å². The number of nitrogens with one attached hydrogen (secondary N) is 2. The molecule has 27 heavy (non-hydrogen) atoms. The second kappa shape index (κ2) is 12.0. The number of nitrogens with zero attached hydrogens (tertiary/aromatic N) is 1. The van der Waals surface area contributed by atoms with Crippen molar-refractivity contribution in [1.82, 2.24) is 10.6 Å². The molecule has 1 saturated heterocycles. The summed E-state index contributed by atoms with van der Waals surface area (Å²) in [6, 6.07) is 12.4. The van der Waals surface area contributed by atoms with Crippen molar-refractivity contribution in [2.24, 2.45) is 4.99 Å². The quantitative estimate of drug-likeness (QED) is 0.355. The van der Waals surface area contributed by atoms with Crippen LogP contribution in [0.25, 0.3) is 0 Å². The maximum absolute atomic E-state index is 5.81. The van der Waals surface area contributed by atoms with Crippen LogP contribution in [0.3, 0.4) is 0 Å². The zero-order valence-corrected chi connectivity index (χ0v) is 18.3. The number of guanidine groups is 1. The van der Waals surface area contributed by atoms with E-state index < -0.39 is 0 Å². The second-order valence-corrected chi connectivity index (χ2v) is 6.78. The molecular formula is C21H30IN3O2. The molecule has 0 saturated carbocycles. The van der Waals surface area contributed by atoms with E-state index in [1.807, 2.05) is 12.1 Å². The molecule has 0 aliphatic carbocycles. The largest absolute Gasteiger partial charge is 0.469 e. The van der Waals surface area contributed by atoms with Gasteiger partial charge in [-0.2, -0.15) is 0 Å². The Morgan fingerprint density at radius 2 is 2.11 bits per heavy atom. The number of rotatable bonds is 7. The predicted octanol–water partition coefficient (Wildman–Crippen LogP) is 4.05. The standard InChI is InChI=1S/C21H29N3O2.HI/c1-17-6-4-7-18(14-17)15-23-21(22-11-10-19-9-5-13-25-19)24-16-20-8-2-3-12-26-20;/h4-7,9,13-14,20H,2-3,8,10-12,15-16H2,1H3,(H2,22,23,24);1H. The Morgan fingerprint density at radius 1 is 1.19 bits per heavy atom. The third kappa shape index (κ3) is 7.92. The van der Waals surface area contributed by atoms with Gasteiger partial charge in [0.15, 0.2) is 5.96 Å². The van der Waals surface area contributed by atoms with Crippen LogP contribution in [0.4, 0.5) is 0 Å². The average molecular weight is 483 g/mol. The van der Waals surface area contributed by atoms with Crippen LogP contribution in [0.1, 0.15) is 36.1 Å². The lowest BCUT2D eigenvalue weighted by molar-refractivity contribution is 0.0194. The van der Waals surface area contributed by atoms with Crippen LogP contribution >= 0.6 is 24.0 Å². The maximum atomic E-state index is 5.81. The van der Waals surface area contributed by atoms with Crippen LogP contribution in [-0.4, -0.2) is 31.8 Å². The highest BCUT2D eigenvalue weighted by Crippen LogP contribution is 2.11. The summed E-state index contributed by atoms with van der Waals surface area (Å²) in [6.45, 7) is 5.20. The van der Waals surface area contributed by atoms with Crippen LogP contribution in [0.15, 0.2) is 52.1 Å². The topological polar surface area (TPSA) is 58.8 Å². The van der Waals surface area contributed by atoms with E-state index in [0.717, 1.165) is 44.3 Å². The molecule has 2 N–H and O–H groups in total. The van der Waals surface area contributed by atoms with E-state index in [9.17, 15) is 0 Å². The second-order valence-electron chi connectivity index (χ2n) is 6.78. The molecule has 2 aromatic rings. The van der Waals surface area contributed by atoms with E-state index in [1.54, 1.807) is 6.26 Å². The van der Waals surface area contributed by atoms with Gasteiger partial charge < -0.3 is 19.8 Å². The van der Waals surface area contributed by atoms with Crippen LogP contribution in [0, 0.1) is 6.92 Å². The molecule has 1 aliphatic heterocycles. The minimum Gasteiger partial charge on any atom is -0.469 e. The lowest BCUT2D eigenvalue weighted by Gasteiger charge is -2.23. The van der Waals surface area contributed by atoms with Gasteiger partial charge in [0.1, 0.15) is 5.76 Å². The molecule has 0 radical (unpaired) electrons. The fourth-order valence-electron chi connectivity index (χ4n) is 3.09. The summed E-state index contributed by atoms with van der Waals surface area (Å²) in [5.74, 6) is 1.80. The third-order valence-electron chi connectivity index (χ3n) is 4.52. The van der Waals surface area contributed by atoms with Crippen molar-refractivity contribution in [3.05, 3.63) is 59.5 Å². The molecule has 0 bridgehead atoms. The lowest BCUT2D eigenvalue weighted by atomic mass is 10.1. The predicted molar refractivity (Wildman–Crippen MR) is 120 cm³/mol. The van der Waals surface area contributed by atoms with Crippen LogP contribution in [-0.2, 0) is 17.7 Å². The van der Waals surface area contributed by atoms with Crippen molar-refractivity contribution in [3.8, 4) is 0 Å². The highest BCUT2D eigenvalue weighted by molar-refractivity contribution is 14.0. The first kappa shape index (κ1) is 21.8. The zero-order valence-electron chi connectivity index (χ0n) is 15.9. The van der Waals surface area contributed by atoms with Gasteiger partial charge in [-0.15, -0.1) is 24.0 Å². The molecule has 1 unspecified atom stereocenters. The van der Waals surface area contributed by atoms with Crippen molar-refractivity contribution in [2.75, 3.05) is 19.7 Å². The van der Waals surface area contributed by atoms with E-state index in [1.165, 1.54) is 24.0 Å². The van der Waals surface area contributed by atoms with Gasteiger partial charge in [-0.25, -0.2) is 4.99 Å². The molecule has 0 spiro atoms. The summed E-state index contributed by atoms with van der Waals surface area (Å²) in [6.07, 6.45) is 6.35. The molecular weight excluding hydrogens is 453 g/mol.